The summed E-state index contributed by atoms with van der Waals surface area (Å²) in [6.07, 6.45) is 1.59. The summed E-state index contributed by atoms with van der Waals surface area (Å²) in [5.74, 6) is 2.01. The Balaban J connectivity index is 1.67. The van der Waals surface area contributed by atoms with Crippen molar-refractivity contribution in [2.24, 2.45) is 5.10 Å². The lowest BCUT2D eigenvalue weighted by atomic mass is 10.2. The van der Waals surface area contributed by atoms with Gasteiger partial charge in [0.1, 0.15) is 5.58 Å². The monoisotopic (exact) mass is 439 g/mol. The molecule has 164 valence electrons. The van der Waals surface area contributed by atoms with Crippen molar-refractivity contribution >= 4 is 28.1 Å². The SMILES string of the molecule is CCOc1cc(C=Nn2c(-c3cc4ccccc4o3)nc3ccccc3c2=O)ccc1OC. The molecule has 0 N–H and O–H groups in total. The van der Waals surface area contributed by atoms with Gasteiger partial charge in [0.05, 0.1) is 30.8 Å². The predicted molar refractivity (Wildman–Crippen MR) is 128 cm³/mol. The van der Waals surface area contributed by atoms with Crippen molar-refractivity contribution in [3.63, 3.8) is 0 Å². The molecule has 5 aromatic rings. The third kappa shape index (κ3) is 3.85. The number of methoxy groups -OCH3 is 1. The van der Waals surface area contributed by atoms with E-state index < -0.39 is 0 Å². The van der Waals surface area contributed by atoms with Crippen molar-refractivity contribution in [1.82, 2.24) is 9.66 Å². The third-order valence-corrected chi connectivity index (χ3v) is 5.21. The number of ether oxygens (including phenoxy) is 2. The highest BCUT2D eigenvalue weighted by molar-refractivity contribution is 5.85. The second-order valence-corrected chi connectivity index (χ2v) is 7.31. The fourth-order valence-corrected chi connectivity index (χ4v) is 3.65. The Morgan fingerprint density at radius 1 is 1.03 bits per heavy atom. The largest absolute Gasteiger partial charge is 0.493 e. The molecule has 0 fully saturated rings. The van der Waals surface area contributed by atoms with Crippen LogP contribution < -0.4 is 15.0 Å². The molecule has 0 spiro atoms. The second kappa shape index (κ2) is 8.63. The average molecular weight is 439 g/mol. The minimum Gasteiger partial charge on any atom is -0.493 e. The Bertz CT molecular complexity index is 1520. The molecule has 0 aliphatic rings. The lowest BCUT2D eigenvalue weighted by Crippen LogP contribution is -2.20. The van der Waals surface area contributed by atoms with Crippen molar-refractivity contribution in [2.45, 2.75) is 6.92 Å². The van der Waals surface area contributed by atoms with Gasteiger partial charge in [-0.1, -0.05) is 30.3 Å². The van der Waals surface area contributed by atoms with Crippen LogP contribution in [0.2, 0.25) is 0 Å². The van der Waals surface area contributed by atoms with Crippen LogP contribution in [0.5, 0.6) is 11.5 Å². The van der Waals surface area contributed by atoms with Gasteiger partial charge in [0.15, 0.2) is 17.3 Å². The maximum absolute atomic E-state index is 13.4. The number of hydrogen-bond acceptors (Lipinski definition) is 6. The summed E-state index contributed by atoms with van der Waals surface area (Å²) in [5.41, 5.74) is 1.75. The first-order valence-electron chi connectivity index (χ1n) is 10.5. The van der Waals surface area contributed by atoms with Crippen LogP contribution in [-0.4, -0.2) is 29.6 Å². The van der Waals surface area contributed by atoms with Gasteiger partial charge in [-0.05, 0) is 55.0 Å². The van der Waals surface area contributed by atoms with E-state index in [1.54, 1.807) is 37.6 Å². The molecule has 0 atom stereocenters. The van der Waals surface area contributed by atoms with Gasteiger partial charge in [0.25, 0.3) is 5.56 Å². The standard InChI is InChI=1S/C26H21N3O4/c1-3-32-23-14-17(12-13-22(23)31-2)16-27-29-25(24-15-18-8-4-7-11-21(18)33-24)28-20-10-6-5-9-19(20)26(29)30/h4-16H,3H2,1-2H3. The molecule has 0 radical (unpaired) electrons. The van der Waals surface area contributed by atoms with Crippen molar-refractivity contribution in [1.29, 1.82) is 0 Å². The van der Waals surface area contributed by atoms with Gasteiger partial charge in [0.2, 0.25) is 5.82 Å². The normalized spacial score (nSPS) is 11.5. The molecular weight excluding hydrogens is 418 g/mol. The summed E-state index contributed by atoms with van der Waals surface area (Å²) in [4.78, 5) is 18.1. The minimum absolute atomic E-state index is 0.286. The van der Waals surface area contributed by atoms with E-state index in [0.717, 1.165) is 10.9 Å². The Morgan fingerprint density at radius 3 is 2.67 bits per heavy atom. The summed E-state index contributed by atoms with van der Waals surface area (Å²) in [6, 6.07) is 22.1. The number of nitrogens with zero attached hydrogens (tertiary/aromatic N) is 3. The molecule has 7 nitrogen and oxygen atoms in total. The van der Waals surface area contributed by atoms with E-state index in [2.05, 4.69) is 5.10 Å². The van der Waals surface area contributed by atoms with Gasteiger partial charge < -0.3 is 13.9 Å². The molecule has 2 aromatic heterocycles. The van der Waals surface area contributed by atoms with Crippen LogP contribution in [0.3, 0.4) is 0 Å². The van der Waals surface area contributed by atoms with Crippen LogP contribution in [-0.2, 0) is 0 Å². The maximum atomic E-state index is 13.4. The second-order valence-electron chi connectivity index (χ2n) is 7.31. The van der Waals surface area contributed by atoms with Crippen molar-refractivity contribution in [3.05, 3.63) is 88.7 Å². The van der Waals surface area contributed by atoms with Crippen LogP contribution in [0.1, 0.15) is 12.5 Å². The molecule has 5 rings (SSSR count). The Morgan fingerprint density at radius 2 is 1.85 bits per heavy atom. The quantitative estimate of drug-likeness (QED) is 0.344. The molecule has 0 unspecified atom stereocenters. The average Bonchev–Trinajstić information content (AvgIpc) is 3.28. The fourth-order valence-electron chi connectivity index (χ4n) is 3.65. The van der Waals surface area contributed by atoms with Gasteiger partial charge in [-0.15, -0.1) is 0 Å². The lowest BCUT2D eigenvalue weighted by Gasteiger charge is -2.10. The molecule has 0 bridgehead atoms. The zero-order valence-electron chi connectivity index (χ0n) is 18.2. The highest BCUT2D eigenvalue weighted by Gasteiger charge is 2.16. The highest BCUT2D eigenvalue weighted by atomic mass is 16.5. The predicted octanol–water partition coefficient (Wildman–Crippen LogP) is 5.10. The smallest absolute Gasteiger partial charge is 0.282 e. The fraction of sp³-hybridized carbons (Fsp3) is 0.115. The molecule has 7 heteroatoms. The molecule has 2 heterocycles. The van der Waals surface area contributed by atoms with E-state index in [1.165, 1.54) is 4.68 Å². The first-order chi connectivity index (χ1) is 16.2. The molecule has 3 aromatic carbocycles. The number of furan rings is 1. The number of para-hydroxylation sites is 2. The van der Waals surface area contributed by atoms with Gasteiger partial charge in [-0.2, -0.15) is 9.78 Å². The number of hydrogen-bond donors (Lipinski definition) is 0. The van der Waals surface area contributed by atoms with Crippen LogP contribution in [0.25, 0.3) is 33.5 Å². The summed E-state index contributed by atoms with van der Waals surface area (Å²) in [5, 5.41) is 5.88. The molecular formula is C26H21N3O4. The lowest BCUT2D eigenvalue weighted by molar-refractivity contribution is 0.311. The summed E-state index contributed by atoms with van der Waals surface area (Å²) >= 11 is 0. The number of fused-ring (bicyclic) bond motifs is 2. The first kappa shape index (κ1) is 20.5. The van der Waals surface area contributed by atoms with Crippen LogP contribution in [0.4, 0.5) is 0 Å². The zero-order chi connectivity index (χ0) is 22.8. The molecule has 0 saturated carbocycles. The van der Waals surface area contributed by atoms with E-state index >= 15 is 0 Å². The van der Waals surface area contributed by atoms with Gasteiger partial charge in [-0.25, -0.2) is 4.98 Å². The summed E-state index contributed by atoms with van der Waals surface area (Å²) in [6.45, 7) is 2.40. The number of benzene rings is 3. The van der Waals surface area contributed by atoms with Crippen LogP contribution in [0.15, 0.2) is 87.1 Å². The summed E-state index contributed by atoms with van der Waals surface area (Å²) in [7, 11) is 1.59. The van der Waals surface area contributed by atoms with Gasteiger partial charge >= 0.3 is 0 Å². The Hall–Kier alpha value is -4.39. The van der Waals surface area contributed by atoms with Crippen LogP contribution in [0, 0.1) is 0 Å². The van der Waals surface area contributed by atoms with E-state index in [0.29, 0.717) is 46.2 Å². The molecule has 33 heavy (non-hydrogen) atoms. The summed E-state index contributed by atoms with van der Waals surface area (Å²) < 4.78 is 18.3. The van der Waals surface area contributed by atoms with Crippen molar-refractivity contribution in [3.8, 4) is 23.1 Å². The first-order valence-corrected chi connectivity index (χ1v) is 10.5. The Labute approximate surface area is 189 Å². The van der Waals surface area contributed by atoms with Crippen LogP contribution >= 0.6 is 0 Å². The van der Waals surface area contributed by atoms with E-state index in [1.807, 2.05) is 55.5 Å². The number of aromatic nitrogens is 2. The third-order valence-electron chi connectivity index (χ3n) is 5.21. The van der Waals surface area contributed by atoms with Crippen molar-refractivity contribution < 1.29 is 13.9 Å². The topological polar surface area (TPSA) is 78.9 Å². The minimum atomic E-state index is -0.286. The van der Waals surface area contributed by atoms with E-state index in [-0.39, 0.29) is 5.56 Å². The zero-order valence-corrected chi connectivity index (χ0v) is 18.2. The van der Waals surface area contributed by atoms with Gasteiger partial charge in [-0.3, -0.25) is 4.79 Å². The number of rotatable bonds is 6. The maximum Gasteiger partial charge on any atom is 0.282 e. The molecule has 0 aliphatic heterocycles. The van der Waals surface area contributed by atoms with Crippen molar-refractivity contribution in [2.75, 3.05) is 13.7 Å². The molecule has 0 amide bonds. The molecule has 0 aliphatic carbocycles. The van der Waals surface area contributed by atoms with E-state index in [9.17, 15) is 4.79 Å². The highest BCUT2D eigenvalue weighted by Crippen LogP contribution is 2.28. The Kier molecular flexibility index (Phi) is 5.36. The van der Waals surface area contributed by atoms with Gasteiger partial charge in [0, 0.05) is 5.39 Å². The van der Waals surface area contributed by atoms with E-state index in [4.69, 9.17) is 18.9 Å². The molecule has 0 saturated heterocycles.